The minimum Gasteiger partial charge on any atom is -0.481 e. The minimum absolute atomic E-state index is 0.00927. The van der Waals surface area contributed by atoms with E-state index in [1.807, 2.05) is 30.3 Å². The third-order valence-corrected chi connectivity index (χ3v) is 7.26. The van der Waals surface area contributed by atoms with Crippen molar-refractivity contribution in [2.45, 2.75) is 62.0 Å². The number of benzene rings is 1. The Bertz CT molecular complexity index is 816. The van der Waals surface area contributed by atoms with Gasteiger partial charge in [-0.2, -0.15) is 0 Å². The van der Waals surface area contributed by atoms with E-state index in [1.54, 1.807) is 11.8 Å². The largest absolute Gasteiger partial charge is 0.481 e. The van der Waals surface area contributed by atoms with E-state index in [-0.39, 0.29) is 42.9 Å². The number of thioether (sulfide) groups is 1. The molecule has 8 heteroatoms. The quantitative estimate of drug-likeness (QED) is 0.217. The average molecular weight is 475 g/mol. The Morgan fingerprint density at radius 2 is 1.76 bits per heavy atom. The summed E-state index contributed by atoms with van der Waals surface area (Å²) in [5.41, 5.74) is 0. The van der Waals surface area contributed by atoms with E-state index >= 15 is 0 Å². The van der Waals surface area contributed by atoms with Crippen molar-refractivity contribution in [3.05, 3.63) is 42.5 Å². The maximum atomic E-state index is 12.3. The van der Waals surface area contributed by atoms with E-state index in [2.05, 4.69) is 22.8 Å². The van der Waals surface area contributed by atoms with Crippen molar-refractivity contribution < 1.29 is 24.2 Å². The molecule has 1 aromatic carbocycles. The van der Waals surface area contributed by atoms with Crippen LogP contribution in [0, 0.1) is 11.8 Å². The highest BCUT2D eigenvalue weighted by Crippen LogP contribution is 2.44. The van der Waals surface area contributed by atoms with Crippen LogP contribution in [0.1, 0.15) is 44.9 Å². The normalized spacial score (nSPS) is 23.6. The first-order valence-electron chi connectivity index (χ1n) is 11.8. The van der Waals surface area contributed by atoms with Gasteiger partial charge in [0.1, 0.15) is 0 Å². The molecule has 0 aromatic heterocycles. The fraction of sp³-hybridized carbons (Fsp3) is 0.560. The summed E-state index contributed by atoms with van der Waals surface area (Å²) in [5, 5.41) is 14.4. The van der Waals surface area contributed by atoms with Crippen LogP contribution in [-0.2, 0) is 19.1 Å². The van der Waals surface area contributed by atoms with E-state index in [1.165, 1.54) is 0 Å². The van der Waals surface area contributed by atoms with Gasteiger partial charge in [-0.15, -0.1) is 11.8 Å². The highest BCUT2D eigenvalue weighted by atomic mass is 32.2. The van der Waals surface area contributed by atoms with Crippen molar-refractivity contribution in [2.24, 2.45) is 11.8 Å². The number of aliphatic carboxylic acids is 1. The zero-order valence-corrected chi connectivity index (χ0v) is 19.7. The molecule has 3 N–H and O–H groups in total. The fourth-order valence-corrected chi connectivity index (χ4v) is 5.43. The molecule has 2 aliphatic rings. The second kappa shape index (κ2) is 13.4. The van der Waals surface area contributed by atoms with Gasteiger partial charge < -0.3 is 20.5 Å². The first kappa shape index (κ1) is 25.3. The number of carboxylic acids is 1. The summed E-state index contributed by atoms with van der Waals surface area (Å²) in [6.07, 6.45) is 9.54. The Morgan fingerprint density at radius 1 is 1.00 bits per heavy atom. The first-order valence-corrected chi connectivity index (χ1v) is 12.7. The van der Waals surface area contributed by atoms with Crippen molar-refractivity contribution >= 4 is 29.5 Å². The molecule has 0 aliphatic carbocycles. The fourth-order valence-electron chi connectivity index (χ4n) is 4.56. The van der Waals surface area contributed by atoms with E-state index in [4.69, 9.17) is 9.84 Å². The Balaban J connectivity index is 1.32. The summed E-state index contributed by atoms with van der Waals surface area (Å²) in [7, 11) is 0. The number of unbranched alkanes of at least 4 members (excludes halogenated alkanes) is 1. The van der Waals surface area contributed by atoms with Gasteiger partial charge in [0, 0.05) is 36.0 Å². The summed E-state index contributed by atoms with van der Waals surface area (Å²) in [6.45, 7) is 0.544. The zero-order chi connectivity index (χ0) is 23.5. The van der Waals surface area contributed by atoms with Crippen molar-refractivity contribution in [3.63, 3.8) is 0 Å². The molecule has 0 spiro atoms. The number of allylic oxidation sites excluding steroid dienone is 2. The zero-order valence-electron chi connectivity index (χ0n) is 18.9. The van der Waals surface area contributed by atoms with Gasteiger partial charge in [-0.05, 0) is 50.2 Å². The number of carbonyl (C=O) groups excluding carboxylic acids is 2. The average Bonchev–Trinajstić information content (AvgIpc) is 3.41. The number of carbonyl (C=O) groups is 3. The molecule has 4 atom stereocenters. The summed E-state index contributed by atoms with van der Waals surface area (Å²) in [6, 6.07) is 9.92. The molecule has 2 amide bonds. The van der Waals surface area contributed by atoms with Crippen LogP contribution in [0.15, 0.2) is 47.4 Å². The van der Waals surface area contributed by atoms with Crippen LogP contribution >= 0.6 is 11.8 Å². The van der Waals surface area contributed by atoms with Crippen molar-refractivity contribution in [3.8, 4) is 0 Å². The molecular weight excluding hydrogens is 440 g/mol. The Kier molecular flexibility index (Phi) is 10.3. The van der Waals surface area contributed by atoms with Crippen LogP contribution < -0.4 is 10.6 Å². The molecule has 0 radical (unpaired) electrons. The number of hydrogen-bond donors (Lipinski definition) is 3. The van der Waals surface area contributed by atoms with Gasteiger partial charge >= 0.3 is 5.97 Å². The third-order valence-electron chi connectivity index (χ3n) is 6.25. The highest BCUT2D eigenvalue weighted by Gasteiger charge is 2.47. The molecule has 0 saturated carbocycles. The summed E-state index contributed by atoms with van der Waals surface area (Å²) in [5.74, 6) is 0.250. The SMILES string of the molecule is O=C(O)CCC/C=C\C[C@H]1[C@@H](CNC(=O)CNC(=O)CCSc2ccccc2)[C@H]2CC[C@@H]1O2. The van der Waals surface area contributed by atoms with E-state index < -0.39 is 5.97 Å². The van der Waals surface area contributed by atoms with Crippen LogP contribution in [0.3, 0.4) is 0 Å². The predicted octanol–water partition coefficient (Wildman–Crippen LogP) is 3.40. The molecule has 2 aliphatic heterocycles. The smallest absolute Gasteiger partial charge is 0.303 e. The molecule has 2 heterocycles. The highest BCUT2D eigenvalue weighted by molar-refractivity contribution is 7.99. The van der Waals surface area contributed by atoms with Gasteiger partial charge in [0.15, 0.2) is 0 Å². The van der Waals surface area contributed by atoms with Crippen molar-refractivity contribution in [1.29, 1.82) is 0 Å². The molecule has 33 heavy (non-hydrogen) atoms. The minimum atomic E-state index is -0.761. The Hall–Kier alpha value is -2.32. The van der Waals surface area contributed by atoms with Gasteiger partial charge in [-0.25, -0.2) is 0 Å². The van der Waals surface area contributed by atoms with Crippen molar-refractivity contribution in [2.75, 3.05) is 18.8 Å². The van der Waals surface area contributed by atoms with Crippen molar-refractivity contribution in [1.82, 2.24) is 10.6 Å². The second-order valence-electron chi connectivity index (χ2n) is 8.60. The number of rotatable bonds is 14. The van der Waals surface area contributed by atoms with Crippen LogP contribution in [0.25, 0.3) is 0 Å². The number of ether oxygens (including phenoxy) is 1. The number of hydrogen-bond acceptors (Lipinski definition) is 5. The monoisotopic (exact) mass is 474 g/mol. The van der Waals surface area contributed by atoms with Crippen LogP contribution in [0.2, 0.25) is 0 Å². The number of amides is 2. The standard InChI is InChI=1S/C25H34N2O5S/c28-23(14-15-33-18-8-4-3-5-9-18)27-17-24(29)26-16-20-19(21-12-13-22(20)32-21)10-6-1-2-7-11-25(30)31/h1,3-6,8-9,19-22H,2,7,10-17H2,(H,26,29)(H,27,28)(H,30,31)/b6-1-/t19-,20+,21-,22+/m0/s1. The van der Waals surface area contributed by atoms with Crippen LogP contribution in [0.5, 0.6) is 0 Å². The summed E-state index contributed by atoms with van der Waals surface area (Å²) < 4.78 is 6.08. The molecule has 180 valence electrons. The number of nitrogens with one attached hydrogen (secondary N) is 2. The first-order chi connectivity index (χ1) is 16.0. The molecule has 7 nitrogen and oxygen atoms in total. The van der Waals surface area contributed by atoms with E-state index in [9.17, 15) is 14.4 Å². The lowest BCUT2D eigenvalue weighted by Crippen LogP contribution is -2.42. The maximum Gasteiger partial charge on any atom is 0.303 e. The second-order valence-corrected chi connectivity index (χ2v) is 9.77. The lowest BCUT2D eigenvalue weighted by molar-refractivity contribution is -0.137. The molecule has 2 bridgehead atoms. The lowest BCUT2D eigenvalue weighted by Gasteiger charge is -2.27. The molecule has 1 aromatic rings. The summed E-state index contributed by atoms with van der Waals surface area (Å²) in [4.78, 5) is 36.0. The number of fused-ring (bicyclic) bond motifs is 2. The van der Waals surface area contributed by atoms with Gasteiger partial charge in [-0.3, -0.25) is 14.4 Å². The molecule has 0 unspecified atom stereocenters. The Morgan fingerprint density at radius 3 is 2.52 bits per heavy atom. The topological polar surface area (TPSA) is 105 Å². The third kappa shape index (κ3) is 8.51. The van der Waals surface area contributed by atoms with Gasteiger partial charge in [0.05, 0.1) is 18.8 Å². The van der Waals surface area contributed by atoms with Crippen LogP contribution in [-0.4, -0.2) is 53.9 Å². The molecule has 2 saturated heterocycles. The maximum absolute atomic E-state index is 12.3. The molecular formula is C25H34N2O5S. The molecule has 2 fully saturated rings. The molecule has 3 rings (SSSR count). The lowest BCUT2D eigenvalue weighted by atomic mass is 9.77. The van der Waals surface area contributed by atoms with Gasteiger partial charge in [0.25, 0.3) is 0 Å². The van der Waals surface area contributed by atoms with Gasteiger partial charge in [-0.1, -0.05) is 30.4 Å². The van der Waals surface area contributed by atoms with Gasteiger partial charge in [0.2, 0.25) is 11.8 Å². The summed E-state index contributed by atoms with van der Waals surface area (Å²) >= 11 is 1.62. The predicted molar refractivity (Wildman–Crippen MR) is 128 cm³/mol. The van der Waals surface area contributed by atoms with E-state index in [0.29, 0.717) is 31.1 Å². The van der Waals surface area contributed by atoms with Crippen LogP contribution in [0.4, 0.5) is 0 Å². The van der Waals surface area contributed by atoms with E-state index in [0.717, 1.165) is 30.6 Å². The number of carboxylic acid groups (broad SMARTS) is 1. The Labute approximate surface area is 199 Å².